The van der Waals surface area contributed by atoms with Gasteiger partial charge in [-0.05, 0) is 196 Å². The van der Waals surface area contributed by atoms with Gasteiger partial charge in [-0.2, -0.15) is 28.8 Å². The molecule has 2 fully saturated rings. The molecule has 2 atom stereocenters. The molecule has 0 amide bonds. The first kappa shape index (κ1) is 59.6. The van der Waals surface area contributed by atoms with E-state index in [2.05, 4.69) is 103 Å². The second-order valence-corrected chi connectivity index (χ2v) is 26.7. The second-order valence-electron chi connectivity index (χ2n) is 23.5. The lowest BCUT2D eigenvalue weighted by Crippen LogP contribution is -2.18. The number of Topliss-reactive ketones (excluding diaryl/α,β-unsaturated/α-hetero) is 1. The maximum atomic E-state index is 11.9. The minimum absolute atomic E-state index is 0.169. The highest BCUT2D eigenvalue weighted by atomic mass is 35.5. The number of nitriles is 1. The summed E-state index contributed by atoms with van der Waals surface area (Å²) >= 11 is 16.3. The molecule has 416 valence electrons. The number of ketones is 1. The van der Waals surface area contributed by atoms with Crippen molar-refractivity contribution >= 4 is 98.6 Å². The molecule has 2 N–H and O–H groups in total. The molecule has 2 aliphatic carbocycles. The van der Waals surface area contributed by atoms with Crippen molar-refractivity contribution in [3.05, 3.63) is 224 Å². The second kappa shape index (κ2) is 26.5. The number of thioether (sulfide) groups is 2. The SMILES string of the molecule is CC(=O)CC1(CS[C@H](CCc2ccccc2C(C)(C)O)c2cccc(/C=C/c3ccc4ccc(Cl)cc4n3)c2)CC1.CC(C)(O)c1ccccc1CC[C@@H](SCC1(CC#N)CC1)c1cccc(/C=C/c2ccc3ccc(Cl)cc3n2)c1. The van der Waals surface area contributed by atoms with Crippen LogP contribution in [-0.2, 0) is 28.8 Å². The average Bonchev–Trinajstić information content (AvgIpc) is 4.39. The number of hydrogen-bond acceptors (Lipinski definition) is 8. The molecule has 0 saturated heterocycles. The smallest absolute Gasteiger partial charge is 0.130 e. The van der Waals surface area contributed by atoms with Gasteiger partial charge in [-0.1, -0.05) is 157 Å². The molecular weight excluding hydrogens is 1080 g/mol. The van der Waals surface area contributed by atoms with Crippen LogP contribution in [0, 0.1) is 22.2 Å². The Kier molecular flexibility index (Phi) is 19.5. The van der Waals surface area contributed by atoms with Crippen molar-refractivity contribution in [1.29, 1.82) is 5.26 Å². The highest BCUT2D eigenvalue weighted by Crippen LogP contribution is 2.54. The molecule has 2 aromatic heterocycles. The van der Waals surface area contributed by atoms with E-state index in [0.717, 1.165) is 118 Å². The van der Waals surface area contributed by atoms with Gasteiger partial charge in [0, 0.05) is 49.9 Å². The molecule has 2 heterocycles. The van der Waals surface area contributed by atoms with Gasteiger partial charge in [0.25, 0.3) is 0 Å². The Morgan fingerprint density at radius 3 is 1.44 bits per heavy atom. The highest BCUT2D eigenvalue weighted by Gasteiger charge is 2.44. The van der Waals surface area contributed by atoms with E-state index in [1.54, 1.807) is 6.92 Å². The molecule has 0 unspecified atom stereocenters. The highest BCUT2D eigenvalue weighted by molar-refractivity contribution is 7.99. The lowest BCUT2D eigenvalue weighted by molar-refractivity contribution is -0.118. The molecule has 0 spiro atoms. The number of hydrogen-bond donors (Lipinski definition) is 2. The van der Waals surface area contributed by atoms with Crippen LogP contribution >= 0.6 is 46.7 Å². The van der Waals surface area contributed by atoms with Gasteiger partial charge in [0.05, 0.1) is 39.7 Å². The van der Waals surface area contributed by atoms with E-state index in [9.17, 15) is 20.3 Å². The molecule has 2 saturated carbocycles. The van der Waals surface area contributed by atoms with Crippen LogP contribution < -0.4 is 0 Å². The number of carbonyl (C=O) groups excluding carboxylic acids is 1. The number of halogens is 2. The van der Waals surface area contributed by atoms with E-state index in [1.807, 2.05) is 136 Å². The number of pyridine rings is 2. The van der Waals surface area contributed by atoms with E-state index < -0.39 is 11.2 Å². The molecule has 6 aromatic carbocycles. The van der Waals surface area contributed by atoms with Gasteiger partial charge in [0.1, 0.15) is 5.78 Å². The zero-order valence-corrected chi connectivity index (χ0v) is 50.3. The van der Waals surface area contributed by atoms with Gasteiger partial charge in [-0.3, -0.25) is 0 Å². The van der Waals surface area contributed by atoms with Gasteiger partial charge >= 0.3 is 0 Å². The Hall–Kier alpha value is -6.02. The first-order valence-electron chi connectivity index (χ1n) is 28.2. The lowest BCUT2D eigenvalue weighted by atomic mass is 9.90. The van der Waals surface area contributed by atoms with Crippen LogP contribution in [0.25, 0.3) is 46.1 Å². The largest absolute Gasteiger partial charge is 0.386 e. The summed E-state index contributed by atoms with van der Waals surface area (Å²) in [5.41, 5.74) is 11.3. The molecule has 0 bridgehead atoms. The third kappa shape index (κ3) is 16.8. The molecule has 6 nitrogen and oxygen atoms in total. The molecule has 8 aromatic rings. The number of aliphatic hydroxyl groups is 2. The van der Waals surface area contributed by atoms with E-state index in [4.69, 9.17) is 33.2 Å². The van der Waals surface area contributed by atoms with Crippen molar-refractivity contribution in [3.63, 3.8) is 0 Å². The van der Waals surface area contributed by atoms with Crippen molar-refractivity contribution in [1.82, 2.24) is 9.97 Å². The van der Waals surface area contributed by atoms with Crippen LogP contribution in [-0.4, -0.2) is 37.5 Å². The van der Waals surface area contributed by atoms with Gasteiger partial charge in [0.15, 0.2) is 0 Å². The predicted octanol–water partition coefficient (Wildman–Crippen LogP) is 18.8. The van der Waals surface area contributed by atoms with E-state index in [1.165, 1.54) is 22.3 Å². The summed E-state index contributed by atoms with van der Waals surface area (Å²) in [6.07, 6.45) is 17.9. The summed E-state index contributed by atoms with van der Waals surface area (Å²) in [6, 6.07) is 56.1. The van der Waals surface area contributed by atoms with Crippen molar-refractivity contribution in [3.8, 4) is 6.07 Å². The third-order valence-corrected chi connectivity index (χ3v) is 19.5. The first-order chi connectivity index (χ1) is 38.8. The van der Waals surface area contributed by atoms with Crippen LogP contribution in [0.2, 0.25) is 10.0 Å². The van der Waals surface area contributed by atoms with Gasteiger partial charge < -0.3 is 15.0 Å². The molecule has 10 heteroatoms. The Balaban J connectivity index is 0.000000196. The molecule has 0 radical (unpaired) electrons. The van der Waals surface area contributed by atoms with Crippen LogP contribution in [0.3, 0.4) is 0 Å². The number of aromatic nitrogens is 2. The third-order valence-electron chi connectivity index (χ3n) is 15.7. The van der Waals surface area contributed by atoms with E-state index >= 15 is 0 Å². The minimum Gasteiger partial charge on any atom is -0.386 e. The summed E-state index contributed by atoms with van der Waals surface area (Å²) in [4.78, 5) is 21.4. The first-order valence-corrected chi connectivity index (χ1v) is 31.1. The summed E-state index contributed by atoms with van der Waals surface area (Å²) in [7, 11) is 0. The molecule has 0 aliphatic heterocycles. The maximum Gasteiger partial charge on any atom is 0.130 e. The molecule has 10 rings (SSSR count). The summed E-state index contributed by atoms with van der Waals surface area (Å²) in [6.45, 7) is 9.12. The molecule has 2 aliphatic rings. The molecule has 81 heavy (non-hydrogen) atoms. The fourth-order valence-electron chi connectivity index (χ4n) is 10.8. The number of rotatable bonds is 23. The number of aryl methyl sites for hydroxylation is 2. The summed E-state index contributed by atoms with van der Waals surface area (Å²) in [5.74, 6) is 2.28. The Labute approximate surface area is 498 Å². The van der Waals surface area contributed by atoms with E-state index in [-0.39, 0.29) is 21.9 Å². The zero-order valence-electron chi connectivity index (χ0n) is 47.2. The lowest BCUT2D eigenvalue weighted by Gasteiger charge is -2.24. The van der Waals surface area contributed by atoms with E-state index in [0.29, 0.717) is 28.1 Å². The van der Waals surface area contributed by atoms with Gasteiger partial charge in [-0.15, -0.1) is 0 Å². The standard InChI is InChI=1S/C36H38ClNO2S.C35H35ClN2OS/c1-25(39)23-36(19-20-36)24-41-34(18-14-27-8-4-5-10-32(27)35(2,3)40)29-9-6-7-26(21-29)11-16-31-17-13-28-12-15-30(37)22-33(28)38-31;1-34(2,39)31-9-4-3-7-26(31)13-17-33(40-24-35(18-19-35)20-21-37)28-8-5-6-25(22-28)10-15-30-16-12-27-11-14-29(36)23-32(27)38-30/h4-13,15-17,21-22,34,40H,14,18-20,23-24H2,1-3H3;3-12,14-16,22-23,33,39H,13,17-20,24H2,1-2H3/b16-11+;15-10+/t34-;33-/m11/s1. The summed E-state index contributed by atoms with van der Waals surface area (Å²) in [5, 5.41) is 34.9. The number of nitrogens with zero attached hydrogens (tertiary/aromatic N) is 3. The topological polar surface area (TPSA) is 107 Å². The van der Waals surface area contributed by atoms with Crippen LogP contribution in [0.15, 0.2) is 158 Å². The van der Waals surface area contributed by atoms with Crippen molar-refractivity contribution in [2.24, 2.45) is 10.8 Å². The van der Waals surface area contributed by atoms with Crippen LogP contribution in [0.4, 0.5) is 0 Å². The van der Waals surface area contributed by atoms with Crippen molar-refractivity contribution in [2.45, 2.75) is 121 Å². The van der Waals surface area contributed by atoms with Gasteiger partial charge in [-0.25, -0.2) is 9.97 Å². The quantitative estimate of drug-likeness (QED) is 0.0652. The zero-order chi connectivity index (χ0) is 57.2. The Bertz CT molecular complexity index is 3600. The number of fused-ring (bicyclic) bond motifs is 2. The summed E-state index contributed by atoms with van der Waals surface area (Å²) < 4.78 is 0. The van der Waals surface area contributed by atoms with Crippen LogP contribution in [0.5, 0.6) is 0 Å². The van der Waals surface area contributed by atoms with Crippen molar-refractivity contribution < 1.29 is 15.0 Å². The fourth-order valence-corrected chi connectivity index (χ4v) is 14.2. The Morgan fingerprint density at radius 1 is 0.593 bits per heavy atom. The number of carbonyl (C=O) groups is 1. The average molecular weight is 1150 g/mol. The fraction of sp³-hybridized carbons (Fsp3) is 0.324. The minimum atomic E-state index is -0.883. The maximum absolute atomic E-state index is 11.9. The van der Waals surface area contributed by atoms with Gasteiger partial charge in [0.2, 0.25) is 0 Å². The van der Waals surface area contributed by atoms with Crippen LogP contribution in [0.1, 0.15) is 152 Å². The molecular formula is C71H73Cl2N3O3S2. The monoisotopic (exact) mass is 1150 g/mol. The van der Waals surface area contributed by atoms with Crippen molar-refractivity contribution in [2.75, 3.05) is 11.5 Å². The predicted molar refractivity (Wildman–Crippen MR) is 344 cm³/mol. The Morgan fingerprint density at radius 2 is 1.02 bits per heavy atom. The number of benzene rings is 6. The normalized spacial score (nSPS) is 15.3.